The van der Waals surface area contributed by atoms with Crippen LogP contribution in [0.5, 0.6) is 0 Å². The Kier molecular flexibility index (Phi) is 1.86. The largest absolute Gasteiger partial charge is 0.465 e. The molecule has 1 heterocycles. The number of hydrogen-bond acceptors (Lipinski definition) is 1. The average molecular weight is 160 g/mol. The Labute approximate surface area is 72.7 Å². The number of fused-ring (bicyclic) bond motifs is 1. The van der Waals surface area contributed by atoms with Crippen LogP contribution in [-0.4, -0.2) is 0 Å². The minimum absolute atomic E-state index is 1.01. The normalized spacial score (nSPS) is 20.2. The second kappa shape index (κ2) is 3.02. The molecular weight excluding hydrogens is 148 g/mol. The van der Waals surface area contributed by atoms with Crippen LogP contribution in [0.25, 0.3) is 0 Å². The van der Waals surface area contributed by atoms with E-state index < -0.39 is 0 Å². The molecule has 0 unspecified atom stereocenters. The Hall–Kier alpha value is -1.24. The quantitative estimate of drug-likeness (QED) is 0.572. The molecule has 1 aliphatic heterocycles. The Morgan fingerprint density at radius 1 is 1.50 bits per heavy atom. The molecule has 2 rings (SSSR count). The number of hydrogen-bond donors (Lipinski definition) is 0. The van der Waals surface area contributed by atoms with Crippen molar-refractivity contribution in [3.8, 4) is 0 Å². The van der Waals surface area contributed by atoms with E-state index in [1.165, 1.54) is 11.1 Å². The zero-order chi connectivity index (χ0) is 8.39. The van der Waals surface area contributed by atoms with E-state index in [1.54, 1.807) is 6.26 Å². The van der Waals surface area contributed by atoms with Crippen LogP contribution in [0.1, 0.15) is 19.8 Å². The molecule has 12 heavy (non-hydrogen) atoms. The van der Waals surface area contributed by atoms with Crippen LogP contribution in [0.3, 0.4) is 0 Å². The van der Waals surface area contributed by atoms with Crippen LogP contribution in [0.4, 0.5) is 0 Å². The first-order valence-electron chi connectivity index (χ1n) is 4.33. The number of allylic oxidation sites excluding steroid dienone is 6. The molecule has 0 spiro atoms. The third-order valence-electron chi connectivity index (χ3n) is 2.20. The van der Waals surface area contributed by atoms with Gasteiger partial charge in [0.05, 0.1) is 6.26 Å². The van der Waals surface area contributed by atoms with Gasteiger partial charge in [0.25, 0.3) is 0 Å². The van der Waals surface area contributed by atoms with Gasteiger partial charge < -0.3 is 4.74 Å². The maximum Gasteiger partial charge on any atom is 0.130 e. The minimum atomic E-state index is 1.01. The fraction of sp³-hybridized carbons (Fsp3) is 0.273. The monoisotopic (exact) mass is 160 g/mol. The summed E-state index contributed by atoms with van der Waals surface area (Å²) in [5.41, 5.74) is 2.66. The summed E-state index contributed by atoms with van der Waals surface area (Å²) in [6.07, 6.45) is 12.3. The predicted octanol–water partition coefficient (Wildman–Crippen LogP) is 3.08. The second-order valence-electron chi connectivity index (χ2n) is 2.98. The number of rotatable bonds is 1. The van der Waals surface area contributed by atoms with E-state index in [0.717, 1.165) is 18.6 Å². The first-order valence-corrected chi connectivity index (χ1v) is 4.33. The molecule has 0 aromatic heterocycles. The topological polar surface area (TPSA) is 9.23 Å². The summed E-state index contributed by atoms with van der Waals surface area (Å²) in [6.45, 7) is 2.16. The summed E-state index contributed by atoms with van der Waals surface area (Å²) < 4.78 is 5.39. The Bertz CT molecular complexity index is 303. The molecule has 1 aliphatic carbocycles. The maximum atomic E-state index is 5.39. The van der Waals surface area contributed by atoms with Gasteiger partial charge in [0, 0.05) is 0 Å². The molecule has 0 radical (unpaired) electrons. The smallest absolute Gasteiger partial charge is 0.130 e. The van der Waals surface area contributed by atoms with Gasteiger partial charge in [-0.2, -0.15) is 0 Å². The van der Waals surface area contributed by atoms with Gasteiger partial charge >= 0.3 is 0 Å². The van der Waals surface area contributed by atoms with Gasteiger partial charge in [-0.15, -0.1) is 0 Å². The lowest BCUT2D eigenvalue weighted by Crippen LogP contribution is -2.00. The van der Waals surface area contributed by atoms with E-state index in [1.807, 2.05) is 6.08 Å². The highest BCUT2D eigenvalue weighted by atomic mass is 16.5. The molecule has 0 amide bonds. The van der Waals surface area contributed by atoms with Gasteiger partial charge in [-0.3, -0.25) is 0 Å². The SMILES string of the molecule is CCC1=CCC2=CC=COC2=C1. The highest BCUT2D eigenvalue weighted by molar-refractivity contribution is 5.43. The van der Waals surface area contributed by atoms with Crippen molar-refractivity contribution in [3.05, 3.63) is 47.5 Å². The van der Waals surface area contributed by atoms with Crippen molar-refractivity contribution in [3.63, 3.8) is 0 Å². The van der Waals surface area contributed by atoms with Crippen LogP contribution >= 0.6 is 0 Å². The average Bonchev–Trinajstić information content (AvgIpc) is 2.17. The molecule has 0 aromatic carbocycles. The van der Waals surface area contributed by atoms with Gasteiger partial charge in [-0.25, -0.2) is 0 Å². The van der Waals surface area contributed by atoms with Crippen LogP contribution < -0.4 is 0 Å². The second-order valence-corrected chi connectivity index (χ2v) is 2.98. The molecule has 0 bridgehead atoms. The first-order chi connectivity index (χ1) is 5.90. The van der Waals surface area contributed by atoms with Gasteiger partial charge in [0.15, 0.2) is 0 Å². The summed E-state index contributed by atoms with van der Waals surface area (Å²) >= 11 is 0. The lowest BCUT2D eigenvalue weighted by molar-refractivity contribution is 0.353. The van der Waals surface area contributed by atoms with Crippen LogP contribution in [0.15, 0.2) is 47.5 Å². The molecule has 2 aliphatic rings. The van der Waals surface area contributed by atoms with E-state index in [2.05, 4.69) is 25.2 Å². The van der Waals surface area contributed by atoms with Crippen molar-refractivity contribution in [1.82, 2.24) is 0 Å². The third kappa shape index (κ3) is 1.22. The summed E-state index contributed by atoms with van der Waals surface area (Å²) in [5, 5.41) is 0. The van der Waals surface area contributed by atoms with E-state index in [0.29, 0.717) is 0 Å². The summed E-state index contributed by atoms with van der Waals surface area (Å²) in [5.74, 6) is 1.02. The Balaban J connectivity index is 2.28. The van der Waals surface area contributed by atoms with E-state index in [4.69, 9.17) is 4.74 Å². The van der Waals surface area contributed by atoms with E-state index in [9.17, 15) is 0 Å². The number of ether oxygens (including phenoxy) is 1. The molecule has 0 fully saturated rings. The molecule has 0 aromatic rings. The van der Waals surface area contributed by atoms with Crippen LogP contribution in [0.2, 0.25) is 0 Å². The fourth-order valence-corrected chi connectivity index (χ4v) is 1.44. The zero-order valence-electron chi connectivity index (χ0n) is 7.21. The molecule has 0 N–H and O–H groups in total. The van der Waals surface area contributed by atoms with Gasteiger partial charge in [-0.1, -0.05) is 19.1 Å². The molecule has 1 nitrogen and oxygen atoms in total. The highest BCUT2D eigenvalue weighted by Crippen LogP contribution is 2.27. The zero-order valence-corrected chi connectivity index (χ0v) is 7.21. The standard InChI is InChI=1S/C11H12O/c1-2-9-5-6-10-4-3-7-12-11(10)8-9/h3-5,7-8H,2,6H2,1H3. The first kappa shape index (κ1) is 7.41. The van der Waals surface area contributed by atoms with Crippen molar-refractivity contribution in [2.45, 2.75) is 19.8 Å². The summed E-state index contributed by atoms with van der Waals surface area (Å²) in [6, 6.07) is 0. The Morgan fingerprint density at radius 3 is 3.25 bits per heavy atom. The van der Waals surface area contributed by atoms with Crippen LogP contribution in [0, 0.1) is 0 Å². The summed E-state index contributed by atoms with van der Waals surface area (Å²) in [4.78, 5) is 0. The van der Waals surface area contributed by atoms with E-state index in [-0.39, 0.29) is 0 Å². The van der Waals surface area contributed by atoms with Gasteiger partial charge in [0.2, 0.25) is 0 Å². The lowest BCUT2D eigenvalue weighted by atomic mass is 9.98. The third-order valence-corrected chi connectivity index (χ3v) is 2.20. The molecule has 0 saturated carbocycles. The van der Waals surface area contributed by atoms with Crippen LogP contribution in [-0.2, 0) is 4.74 Å². The van der Waals surface area contributed by atoms with Crippen molar-refractivity contribution in [1.29, 1.82) is 0 Å². The molecule has 0 saturated heterocycles. The minimum Gasteiger partial charge on any atom is -0.465 e. The van der Waals surface area contributed by atoms with E-state index >= 15 is 0 Å². The highest BCUT2D eigenvalue weighted by Gasteiger charge is 2.11. The lowest BCUT2D eigenvalue weighted by Gasteiger charge is -2.17. The van der Waals surface area contributed by atoms with Gasteiger partial charge in [-0.05, 0) is 36.1 Å². The fourth-order valence-electron chi connectivity index (χ4n) is 1.44. The maximum absolute atomic E-state index is 5.39. The van der Waals surface area contributed by atoms with Crippen molar-refractivity contribution in [2.24, 2.45) is 0 Å². The molecule has 62 valence electrons. The van der Waals surface area contributed by atoms with Gasteiger partial charge in [0.1, 0.15) is 5.76 Å². The Morgan fingerprint density at radius 2 is 2.42 bits per heavy atom. The summed E-state index contributed by atoms with van der Waals surface area (Å²) in [7, 11) is 0. The molecule has 0 atom stereocenters. The molecular formula is C11H12O. The molecule has 1 heteroatoms. The van der Waals surface area contributed by atoms with Crippen molar-refractivity contribution in [2.75, 3.05) is 0 Å². The predicted molar refractivity (Wildman–Crippen MR) is 49.4 cm³/mol. The van der Waals surface area contributed by atoms with Crippen molar-refractivity contribution < 1.29 is 4.74 Å². The van der Waals surface area contributed by atoms with Crippen molar-refractivity contribution >= 4 is 0 Å².